The van der Waals surface area contributed by atoms with E-state index in [1.165, 1.54) is 12.8 Å². The van der Waals surface area contributed by atoms with Gasteiger partial charge in [0.15, 0.2) is 5.82 Å². The number of ether oxygens (including phenoxy) is 1. The van der Waals surface area contributed by atoms with Crippen LogP contribution < -0.4 is 10.6 Å². The molecule has 1 aromatic carbocycles. The Morgan fingerprint density at radius 3 is 2.86 bits per heavy atom. The molecule has 37 heavy (non-hydrogen) atoms. The quantitative estimate of drug-likeness (QED) is 0.286. The predicted molar refractivity (Wildman–Crippen MR) is 144 cm³/mol. The van der Waals surface area contributed by atoms with Gasteiger partial charge in [0.2, 0.25) is 0 Å². The smallest absolute Gasteiger partial charge is 0.330 e. The second-order valence-corrected chi connectivity index (χ2v) is 9.62. The number of carbonyl (C=O) groups is 2. The zero-order chi connectivity index (χ0) is 24.8. The minimum absolute atomic E-state index is 0. The lowest BCUT2D eigenvalue weighted by Crippen LogP contribution is -2.44. The van der Waals surface area contributed by atoms with E-state index in [-0.39, 0.29) is 24.4 Å². The number of amides is 1. The highest BCUT2D eigenvalue weighted by Crippen LogP contribution is 2.35. The molecule has 2 aliphatic rings. The molecule has 2 fully saturated rings. The number of halogens is 1. The van der Waals surface area contributed by atoms with Crippen molar-refractivity contribution in [3.8, 4) is 11.5 Å². The van der Waals surface area contributed by atoms with E-state index in [0.29, 0.717) is 24.6 Å². The molecule has 0 radical (unpaired) electrons. The van der Waals surface area contributed by atoms with Crippen molar-refractivity contribution in [1.29, 1.82) is 0 Å². The van der Waals surface area contributed by atoms with Crippen LogP contribution in [0.3, 0.4) is 0 Å². The highest BCUT2D eigenvalue weighted by molar-refractivity contribution is 5.98. The molecule has 1 aliphatic carbocycles. The molecular formula is C27H29ClN6O3. The number of rotatable bonds is 7. The number of hydrogen-bond acceptors (Lipinski definition) is 6. The first-order chi connectivity index (χ1) is 17.5. The van der Waals surface area contributed by atoms with Crippen molar-refractivity contribution in [2.75, 3.05) is 13.1 Å². The van der Waals surface area contributed by atoms with Gasteiger partial charge in [0.1, 0.15) is 11.8 Å². The van der Waals surface area contributed by atoms with Gasteiger partial charge in [-0.1, -0.05) is 6.58 Å². The molecule has 9 nitrogen and oxygen atoms in total. The van der Waals surface area contributed by atoms with Crippen molar-refractivity contribution in [1.82, 2.24) is 29.7 Å². The molecule has 0 unspecified atom stereocenters. The third kappa shape index (κ3) is 4.72. The van der Waals surface area contributed by atoms with E-state index in [9.17, 15) is 9.59 Å². The average Bonchev–Trinajstić information content (AvgIpc) is 3.36. The van der Waals surface area contributed by atoms with Crippen LogP contribution in [0.4, 0.5) is 0 Å². The number of nitrogens with zero attached hydrogens (tertiary/aromatic N) is 4. The summed E-state index contributed by atoms with van der Waals surface area (Å²) in [6, 6.07) is 11.4. The maximum absolute atomic E-state index is 13.1. The standard InChI is InChI=1S/C27H28N6O3.ClH/c1-3-24(34)36-23-14-28-13-20(23)31-27(35)18-8-9-21-19(11-18)30-26(32(21)2)22-12-17-5-4-10-29-25(17)33(22)15-16-6-7-16;/h3-5,8-12,16,20,23,28H,1,6-7,13-15H2,2H3,(H,31,35);1H/t20-,23+;/m0./s1. The third-order valence-corrected chi connectivity index (χ3v) is 7.07. The Kier molecular flexibility index (Phi) is 6.74. The SMILES string of the molecule is C=CC(=O)O[C@@H]1CNC[C@@H]1NC(=O)c1ccc2c(c1)nc(-c1cc3cccnc3n1CC1CC1)n2C.Cl. The molecule has 1 amide bonds. The van der Waals surface area contributed by atoms with Gasteiger partial charge in [-0.15, -0.1) is 12.4 Å². The Morgan fingerprint density at radius 2 is 2.08 bits per heavy atom. The molecule has 2 atom stereocenters. The Hall–Kier alpha value is -3.69. The fourth-order valence-corrected chi connectivity index (χ4v) is 4.96. The van der Waals surface area contributed by atoms with Crippen LogP contribution in [0.1, 0.15) is 23.2 Å². The first-order valence-corrected chi connectivity index (χ1v) is 12.3. The van der Waals surface area contributed by atoms with Gasteiger partial charge in [0.05, 0.1) is 22.8 Å². The molecule has 10 heteroatoms. The van der Waals surface area contributed by atoms with Crippen molar-refractivity contribution in [2.24, 2.45) is 13.0 Å². The topological polar surface area (TPSA) is 103 Å². The zero-order valence-corrected chi connectivity index (χ0v) is 21.3. The minimum Gasteiger partial charge on any atom is -0.456 e. The lowest BCUT2D eigenvalue weighted by molar-refractivity contribution is -0.142. The number of esters is 1. The Morgan fingerprint density at radius 1 is 1.24 bits per heavy atom. The van der Waals surface area contributed by atoms with Crippen molar-refractivity contribution < 1.29 is 14.3 Å². The van der Waals surface area contributed by atoms with Crippen LogP contribution >= 0.6 is 12.4 Å². The normalized spacial score (nSPS) is 19.1. The van der Waals surface area contributed by atoms with Crippen LogP contribution in [0.2, 0.25) is 0 Å². The van der Waals surface area contributed by atoms with Gasteiger partial charge >= 0.3 is 5.97 Å². The van der Waals surface area contributed by atoms with Gasteiger partial charge < -0.3 is 24.5 Å². The lowest BCUT2D eigenvalue weighted by Gasteiger charge is -2.19. The Balaban J connectivity index is 0.00000280. The Labute approximate surface area is 220 Å². The number of pyridine rings is 1. The second kappa shape index (κ2) is 9.99. The largest absolute Gasteiger partial charge is 0.456 e. The number of benzene rings is 1. The highest BCUT2D eigenvalue weighted by Gasteiger charge is 2.31. The van der Waals surface area contributed by atoms with Gasteiger partial charge in [0, 0.05) is 49.9 Å². The van der Waals surface area contributed by atoms with E-state index in [1.807, 2.05) is 31.4 Å². The van der Waals surface area contributed by atoms with Crippen molar-refractivity contribution >= 4 is 46.4 Å². The summed E-state index contributed by atoms with van der Waals surface area (Å²) < 4.78 is 9.71. The lowest BCUT2D eigenvalue weighted by atomic mass is 10.1. The van der Waals surface area contributed by atoms with Crippen LogP contribution in [0, 0.1) is 5.92 Å². The summed E-state index contributed by atoms with van der Waals surface area (Å²) in [4.78, 5) is 34.3. The fourth-order valence-electron chi connectivity index (χ4n) is 4.96. The van der Waals surface area contributed by atoms with Crippen molar-refractivity contribution in [2.45, 2.75) is 31.5 Å². The van der Waals surface area contributed by atoms with E-state index in [2.05, 4.69) is 43.5 Å². The number of aromatic nitrogens is 4. The van der Waals surface area contributed by atoms with E-state index >= 15 is 0 Å². The number of hydrogen-bond donors (Lipinski definition) is 2. The molecule has 6 rings (SSSR count). The van der Waals surface area contributed by atoms with E-state index < -0.39 is 12.1 Å². The number of aryl methyl sites for hydroxylation is 1. The van der Waals surface area contributed by atoms with Gasteiger partial charge in [-0.05, 0) is 55.2 Å². The Bertz CT molecular complexity index is 1500. The summed E-state index contributed by atoms with van der Waals surface area (Å²) in [5.74, 6) is 0.799. The summed E-state index contributed by atoms with van der Waals surface area (Å²) in [6.45, 7) is 5.37. The highest BCUT2D eigenvalue weighted by atomic mass is 35.5. The maximum atomic E-state index is 13.1. The minimum atomic E-state index is -0.500. The number of carbonyl (C=O) groups excluding carboxylic acids is 2. The summed E-state index contributed by atoms with van der Waals surface area (Å²) in [5, 5.41) is 7.23. The molecule has 2 N–H and O–H groups in total. The van der Waals surface area contributed by atoms with Crippen LogP contribution in [-0.4, -0.2) is 56.2 Å². The molecule has 1 aliphatic heterocycles. The predicted octanol–water partition coefficient (Wildman–Crippen LogP) is 3.22. The summed E-state index contributed by atoms with van der Waals surface area (Å²) >= 11 is 0. The third-order valence-electron chi connectivity index (χ3n) is 7.07. The average molecular weight is 521 g/mol. The molecule has 0 spiro atoms. The van der Waals surface area contributed by atoms with Crippen LogP contribution in [0.25, 0.3) is 33.6 Å². The summed E-state index contributed by atoms with van der Waals surface area (Å²) in [5.41, 5.74) is 4.20. The van der Waals surface area contributed by atoms with Crippen LogP contribution in [0.15, 0.2) is 55.3 Å². The van der Waals surface area contributed by atoms with E-state index in [1.54, 1.807) is 6.07 Å². The maximum Gasteiger partial charge on any atom is 0.330 e. The van der Waals surface area contributed by atoms with Crippen LogP contribution in [0.5, 0.6) is 0 Å². The van der Waals surface area contributed by atoms with Crippen molar-refractivity contribution in [3.05, 3.63) is 60.8 Å². The molecule has 1 saturated heterocycles. The summed E-state index contributed by atoms with van der Waals surface area (Å²) in [6.07, 6.45) is 5.02. The monoisotopic (exact) mass is 520 g/mol. The molecule has 192 valence electrons. The van der Waals surface area contributed by atoms with Gasteiger partial charge in [-0.2, -0.15) is 0 Å². The van der Waals surface area contributed by atoms with E-state index in [0.717, 1.165) is 46.2 Å². The fraction of sp³-hybridized carbons (Fsp3) is 0.333. The first kappa shape index (κ1) is 25.0. The van der Waals surface area contributed by atoms with Gasteiger partial charge in [-0.25, -0.2) is 14.8 Å². The molecule has 1 saturated carbocycles. The summed E-state index contributed by atoms with van der Waals surface area (Å²) in [7, 11) is 2.00. The molecule has 3 aromatic heterocycles. The molecule has 0 bridgehead atoms. The first-order valence-electron chi connectivity index (χ1n) is 12.3. The number of imidazole rings is 1. The van der Waals surface area contributed by atoms with Gasteiger partial charge in [0.25, 0.3) is 5.91 Å². The van der Waals surface area contributed by atoms with Crippen molar-refractivity contribution in [3.63, 3.8) is 0 Å². The number of fused-ring (bicyclic) bond motifs is 2. The molecule has 4 heterocycles. The number of nitrogens with one attached hydrogen (secondary N) is 2. The zero-order valence-electron chi connectivity index (χ0n) is 20.5. The van der Waals surface area contributed by atoms with Gasteiger partial charge in [-0.3, -0.25) is 4.79 Å². The van der Waals surface area contributed by atoms with Crippen LogP contribution in [-0.2, 0) is 23.1 Å². The van der Waals surface area contributed by atoms with E-state index in [4.69, 9.17) is 9.72 Å². The second-order valence-electron chi connectivity index (χ2n) is 9.62. The molecule has 4 aromatic rings. The molecular weight excluding hydrogens is 492 g/mol.